The number of benzene rings is 1. The fourth-order valence-corrected chi connectivity index (χ4v) is 2.03. The average Bonchev–Trinajstić information content (AvgIpc) is 2.32. The van der Waals surface area contributed by atoms with Gasteiger partial charge in [0.05, 0.1) is 0 Å². The first-order valence-electron chi connectivity index (χ1n) is 5.87. The van der Waals surface area contributed by atoms with Gasteiger partial charge in [0.25, 0.3) is 5.91 Å². The van der Waals surface area contributed by atoms with E-state index < -0.39 is 0 Å². The Hall–Kier alpha value is -1.42. The molecule has 1 atom stereocenters. The third-order valence-corrected chi connectivity index (χ3v) is 3.07. The van der Waals surface area contributed by atoms with Crippen LogP contribution in [-0.2, 0) is 0 Å². The lowest BCUT2D eigenvalue weighted by Crippen LogP contribution is -2.51. The minimum Gasteiger partial charge on any atom is -0.336 e. The zero-order valence-corrected chi connectivity index (χ0v) is 10.2. The lowest BCUT2D eigenvalue weighted by Gasteiger charge is -2.32. The standard InChI is InChI=1S/C13H17FN2O/c1-9-3-4-11(7-12(9)14)13(17)16-6-5-15-10(2)8-16/h3-4,7,10,15H,5-6,8H2,1-2H3. The predicted octanol–water partition coefficient (Wildman–Crippen LogP) is 1.57. The van der Waals surface area contributed by atoms with Gasteiger partial charge < -0.3 is 10.2 Å². The molecule has 1 amide bonds. The van der Waals surface area contributed by atoms with Crippen LogP contribution >= 0.6 is 0 Å². The van der Waals surface area contributed by atoms with Crippen LogP contribution in [-0.4, -0.2) is 36.5 Å². The second kappa shape index (κ2) is 4.84. The van der Waals surface area contributed by atoms with Crippen molar-refractivity contribution in [3.63, 3.8) is 0 Å². The maximum Gasteiger partial charge on any atom is 0.254 e. The molecule has 1 unspecified atom stereocenters. The van der Waals surface area contributed by atoms with Gasteiger partial charge in [0.15, 0.2) is 0 Å². The normalized spacial score (nSPS) is 20.4. The van der Waals surface area contributed by atoms with E-state index in [2.05, 4.69) is 5.32 Å². The molecule has 0 radical (unpaired) electrons. The molecule has 3 nitrogen and oxygen atoms in total. The Bertz CT molecular complexity index is 433. The van der Waals surface area contributed by atoms with Crippen LogP contribution in [0, 0.1) is 12.7 Å². The molecular formula is C13H17FN2O. The van der Waals surface area contributed by atoms with E-state index in [1.165, 1.54) is 6.07 Å². The van der Waals surface area contributed by atoms with Gasteiger partial charge in [0.1, 0.15) is 5.82 Å². The van der Waals surface area contributed by atoms with Gasteiger partial charge in [-0.15, -0.1) is 0 Å². The van der Waals surface area contributed by atoms with E-state index in [9.17, 15) is 9.18 Å². The lowest BCUT2D eigenvalue weighted by atomic mass is 10.1. The first-order valence-corrected chi connectivity index (χ1v) is 5.87. The van der Waals surface area contributed by atoms with E-state index >= 15 is 0 Å². The number of nitrogens with one attached hydrogen (secondary N) is 1. The van der Waals surface area contributed by atoms with Crippen LogP contribution in [0.15, 0.2) is 18.2 Å². The Morgan fingerprint density at radius 3 is 2.94 bits per heavy atom. The molecule has 4 heteroatoms. The van der Waals surface area contributed by atoms with Crippen molar-refractivity contribution in [3.8, 4) is 0 Å². The van der Waals surface area contributed by atoms with Gasteiger partial charge in [-0.1, -0.05) is 6.07 Å². The molecule has 1 aliphatic heterocycles. The average molecular weight is 236 g/mol. The van der Waals surface area contributed by atoms with Crippen molar-refractivity contribution in [1.29, 1.82) is 0 Å². The van der Waals surface area contributed by atoms with Crippen LogP contribution < -0.4 is 5.32 Å². The third kappa shape index (κ3) is 2.64. The summed E-state index contributed by atoms with van der Waals surface area (Å²) in [4.78, 5) is 13.9. The molecule has 1 saturated heterocycles. The van der Waals surface area contributed by atoms with Crippen molar-refractivity contribution in [3.05, 3.63) is 35.1 Å². The Labute approximate surface area is 101 Å². The summed E-state index contributed by atoms with van der Waals surface area (Å²) in [6, 6.07) is 4.95. The highest BCUT2D eigenvalue weighted by Crippen LogP contribution is 2.12. The number of hydrogen-bond acceptors (Lipinski definition) is 2. The van der Waals surface area contributed by atoms with E-state index in [4.69, 9.17) is 0 Å². The molecule has 0 saturated carbocycles. The summed E-state index contributed by atoms with van der Waals surface area (Å²) in [7, 11) is 0. The zero-order valence-electron chi connectivity index (χ0n) is 10.2. The smallest absolute Gasteiger partial charge is 0.254 e. The van der Waals surface area contributed by atoms with Crippen LogP contribution in [0.2, 0.25) is 0 Å². The van der Waals surface area contributed by atoms with Gasteiger partial charge in [-0.2, -0.15) is 0 Å². The number of rotatable bonds is 1. The van der Waals surface area contributed by atoms with Crippen LogP contribution in [0.1, 0.15) is 22.8 Å². The fraction of sp³-hybridized carbons (Fsp3) is 0.462. The van der Waals surface area contributed by atoms with Crippen molar-refractivity contribution in [2.24, 2.45) is 0 Å². The zero-order chi connectivity index (χ0) is 12.4. The summed E-state index contributed by atoms with van der Waals surface area (Å²) < 4.78 is 13.4. The minimum absolute atomic E-state index is 0.0859. The van der Waals surface area contributed by atoms with Gasteiger partial charge in [-0.25, -0.2) is 4.39 Å². The van der Waals surface area contributed by atoms with Crippen molar-refractivity contribution in [1.82, 2.24) is 10.2 Å². The first-order chi connectivity index (χ1) is 8.08. The molecule has 1 fully saturated rings. The highest BCUT2D eigenvalue weighted by molar-refractivity contribution is 5.94. The number of carbonyl (C=O) groups excluding carboxylic acids is 1. The molecule has 0 aliphatic carbocycles. The highest BCUT2D eigenvalue weighted by atomic mass is 19.1. The molecule has 1 N–H and O–H groups in total. The fourth-order valence-electron chi connectivity index (χ4n) is 2.03. The van der Waals surface area contributed by atoms with Crippen molar-refractivity contribution >= 4 is 5.91 Å². The number of piperazine rings is 1. The molecule has 1 aliphatic rings. The molecule has 0 bridgehead atoms. The molecule has 0 aromatic heterocycles. The van der Waals surface area contributed by atoms with Gasteiger partial charge >= 0.3 is 0 Å². The molecule has 0 spiro atoms. The Morgan fingerprint density at radius 1 is 1.53 bits per heavy atom. The largest absolute Gasteiger partial charge is 0.336 e. The molecule has 1 heterocycles. The topological polar surface area (TPSA) is 32.3 Å². The van der Waals surface area contributed by atoms with Gasteiger partial charge in [0, 0.05) is 31.2 Å². The number of nitrogens with zero attached hydrogens (tertiary/aromatic N) is 1. The summed E-state index contributed by atoms with van der Waals surface area (Å²) in [5, 5.41) is 3.27. The predicted molar refractivity (Wildman–Crippen MR) is 64.5 cm³/mol. The first kappa shape index (κ1) is 12.0. The second-order valence-electron chi connectivity index (χ2n) is 4.57. The maximum absolute atomic E-state index is 13.4. The number of halogens is 1. The van der Waals surface area contributed by atoms with Crippen LogP contribution in [0.4, 0.5) is 4.39 Å². The van der Waals surface area contributed by atoms with E-state index in [1.54, 1.807) is 24.0 Å². The monoisotopic (exact) mass is 236 g/mol. The van der Waals surface area contributed by atoms with E-state index in [1.807, 2.05) is 6.92 Å². The summed E-state index contributed by atoms with van der Waals surface area (Å²) in [5.41, 5.74) is 0.998. The van der Waals surface area contributed by atoms with Gasteiger partial charge in [-0.05, 0) is 31.5 Å². The highest BCUT2D eigenvalue weighted by Gasteiger charge is 2.21. The van der Waals surface area contributed by atoms with E-state index in [0.717, 1.165) is 6.54 Å². The number of amides is 1. The van der Waals surface area contributed by atoms with E-state index in [0.29, 0.717) is 30.3 Å². The lowest BCUT2D eigenvalue weighted by molar-refractivity contribution is 0.0708. The molecule has 92 valence electrons. The quantitative estimate of drug-likeness (QED) is 0.802. The number of aryl methyl sites for hydroxylation is 1. The van der Waals surface area contributed by atoms with Crippen LogP contribution in [0.3, 0.4) is 0 Å². The second-order valence-corrected chi connectivity index (χ2v) is 4.57. The van der Waals surface area contributed by atoms with Crippen molar-refractivity contribution in [2.45, 2.75) is 19.9 Å². The summed E-state index contributed by atoms with van der Waals surface area (Å²) in [5.74, 6) is -0.406. The molecule has 17 heavy (non-hydrogen) atoms. The van der Waals surface area contributed by atoms with E-state index in [-0.39, 0.29) is 11.7 Å². The van der Waals surface area contributed by atoms with Crippen molar-refractivity contribution in [2.75, 3.05) is 19.6 Å². The molecule has 2 rings (SSSR count). The number of carbonyl (C=O) groups is 1. The van der Waals surface area contributed by atoms with Crippen LogP contribution in [0.25, 0.3) is 0 Å². The van der Waals surface area contributed by atoms with Crippen molar-refractivity contribution < 1.29 is 9.18 Å². The van der Waals surface area contributed by atoms with Crippen LogP contribution in [0.5, 0.6) is 0 Å². The summed E-state index contributed by atoms with van der Waals surface area (Å²) in [6.45, 7) is 5.87. The molecular weight excluding hydrogens is 219 g/mol. The summed E-state index contributed by atoms with van der Waals surface area (Å²) >= 11 is 0. The minimum atomic E-state index is -0.320. The molecule has 1 aromatic carbocycles. The number of hydrogen-bond donors (Lipinski definition) is 1. The maximum atomic E-state index is 13.4. The Morgan fingerprint density at radius 2 is 2.29 bits per heavy atom. The molecule has 1 aromatic rings. The van der Waals surface area contributed by atoms with Gasteiger partial charge in [0.2, 0.25) is 0 Å². The Kier molecular flexibility index (Phi) is 3.43. The van der Waals surface area contributed by atoms with Gasteiger partial charge in [-0.3, -0.25) is 4.79 Å². The summed E-state index contributed by atoms with van der Waals surface area (Å²) in [6.07, 6.45) is 0. The SMILES string of the molecule is Cc1ccc(C(=O)N2CCNC(C)C2)cc1F. The Balaban J connectivity index is 2.15. The third-order valence-electron chi connectivity index (χ3n) is 3.07.